The first kappa shape index (κ1) is 25.8. The maximum atomic E-state index is 15.4. The maximum Gasteiger partial charge on any atom is 0.414 e. The van der Waals surface area contributed by atoms with E-state index >= 15 is 4.39 Å². The van der Waals surface area contributed by atoms with Gasteiger partial charge in [-0.15, -0.1) is 0 Å². The fourth-order valence-corrected chi connectivity index (χ4v) is 4.31. The number of nitrogens with one attached hydrogen (secondary N) is 2. The minimum absolute atomic E-state index is 0.0789. The molecule has 1 aromatic heterocycles. The summed E-state index contributed by atoms with van der Waals surface area (Å²) in [6, 6.07) is 2.96. The fraction of sp³-hybridized carbons (Fsp3) is 0.400. The zero-order valence-corrected chi connectivity index (χ0v) is 20.4. The minimum atomic E-state index is -4.91. The lowest BCUT2D eigenvalue weighted by Crippen LogP contribution is -2.45. The molecule has 1 saturated carbocycles. The molecule has 5 rings (SSSR count). The van der Waals surface area contributed by atoms with E-state index in [1.54, 1.807) is 0 Å². The first-order valence-electron chi connectivity index (χ1n) is 12.1. The van der Waals surface area contributed by atoms with Gasteiger partial charge in [-0.05, 0) is 32.0 Å². The lowest BCUT2D eigenvalue weighted by atomic mass is 9.95. The van der Waals surface area contributed by atoms with Gasteiger partial charge in [-0.1, -0.05) is 0 Å². The lowest BCUT2D eigenvalue weighted by molar-refractivity contribution is -0.124. The Morgan fingerprint density at radius 1 is 1.08 bits per heavy atom. The molecule has 0 radical (unpaired) electrons. The summed E-state index contributed by atoms with van der Waals surface area (Å²) in [5, 5.41) is 5.67. The van der Waals surface area contributed by atoms with Crippen molar-refractivity contribution in [2.75, 3.05) is 48.8 Å². The summed E-state index contributed by atoms with van der Waals surface area (Å²) in [5.41, 5.74) is -0.434. The number of rotatable bonds is 6. The summed E-state index contributed by atoms with van der Waals surface area (Å²) in [6.45, 7) is 2.41. The molecule has 1 unspecified atom stereocenters. The van der Waals surface area contributed by atoms with Crippen LogP contribution in [0.15, 0.2) is 41.2 Å². The van der Waals surface area contributed by atoms with Gasteiger partial charge in [0.25, 0.3) is 5.91 Å². The highest BCUT2D eigenvalue weighted by molar-refractivity contribution is 6.11. The second kappa shape index (κ2) is 10.1. The van der Waals surface area contributed by atoms with E-state index in [1.165, 1.54) is 24.5 Å². The molecule has 200 valence electrons. The predicted molar refractivity (Wildman–Crippen MR) is 134 cm³/mol. The molecule has 1 atom stereocenters. The van der Waals surface area contributed by atoms with Crippen LogP contribution in [0.1, 0.15) is 12.8 Å². The van der Waals surface area contributed by atoms with Crippen LogP contribution in [0, 0.1) is 11.7 Å². The van der Waals surface area contributed by atoms with Gasteiger partial charge in [0.15, 0.2) is 0 Å². The molecule has 1 aliphatic carbocycles. The number of hydrogen-bond donors (Lipinski definition) is 2. The Labute approximate surface area is 215 Å². The van der Waals surface area contributed by atoms with Crippen LogP contribution in [0.5, 0.6) is 0 Å². The summed E-state index contributed by atoms with van der Waals surface area (Å²) in [5.74, 6) is -4.15. The number of benzene rings is 1. The van der Waals surface area contributed by atoms with Gasteiger partial charge in [-0.25, -0.2) is 19.4 Å². The average molecular weight is 532 g/mol. The third kappa shape index (κ3) is 5.67. The van der Waals surface area contributed by atoms with Crippen LogP contribution in [0.25, 0.3) is 11.1 Å². The Morgan fingerprint density at radius 3 is 2.39 bits per heavy atom. The first-order valence-corrected chi connectivity index (χ1v) is 12.1. The molecule has 2 aromatic rings. The van der Waals surface area contributed by atoms with E-state index in [4.69, 9.17) is 0 Å². The van der Waals surface area contributed by atoms with Crippen LogP contribution in [-0.2, 0) is 9.59 Å². The number of dihydropyridines is 1. The number of amides is 2. The van der Waals surface area contributed by atoms with Crippen LogP contribution in [0.4, 0.5) is 34.9 Å². The zero-order chi connectivity index (χ0) is 27.0. The lowest BCUT2D eigenvalue weighted by Gasteiger charge is -2.35. The highest BCUT2D eigenvalue weighted by atomic mass is 19.4. The van der Waals surface area contributed by atoms with E-state index < -0.39 is 35.3 Å². The van der Waals surface area contributed by atoms with Gasteiger partial charge in [0, 0.05) is 68.0 Å². The Bertz CT molecular complexity index is 1300. The summed E-state index contributed by atoms with van der Waals surface area (Å²) >= 11 is 0. The van der Waals surface area contributed by atoms with Gasteiger partial charge in [-0.2, -0.15) is 13.2 Å². The number of aromatic nitrogens is 2. The van der Waals surface area contributed by atoms with Crippen molar-refractivity contribution in [3.05, 3.63) is 42.0 Å². The number of anilines is 3. The van der Waals surface area contributed by atoms with E-state index in [0.717, 1.165) is 12.8 Å². The van der Waals surface area contributed by atoms with Crippen molar-refractivity contribution in [2.24, 2.45) is 10.9 Å². The van der Waals surface area contributed by atoms with E-state index in [0.29, 0.717) is 61.7 Å². The maximum absolute atomic E-state index is 15.4. The summed E-state index contributed by atoms with van der Waals surface area (Å²) in [6.07, 6.45) is 1.04. The topological polar surface area (TPSA) is 103 Å². The molecule has 9 nitrogen and oxygen atoms in total. The summed E-state index contributed by atoms with van der Waals surface area (Å²) < 4.78 is 56.1. The van der Waals surface area contributed by atoms with Crippen molar-refractivity contribution >= 4 is 35.4 Å². The molecule has 0 spiro atoms. The quantitative estimate of drug-likeness (QED) is 0.552. The van der Waals surface area contributed by atoms with E-state index in [2.05, 4.69) is 30.5 Å². The van der Waals surface area contributed by atoms with Crippen molar-refractivity contribution in [3.8, 4) is 11.1 Å². The van der Waals surface area contributed by atoms with Gasteiger partial charge in [-0.3, -0.25) is 9.59 Å². The molecule has 2 aliphatic heterocycles. The van der Waals surface area contributed by atoms with Crippen molar-refractivity contribution in [2.45, 2.75) is 25.1 Å². The average Bonchev–Trinajstić information content (AvgIpc) is 3.69. The van der Waals surface area contributed by atoms with Gasteiger partial charge in [0.2, 0.25) is 11.9 Å². The Balaban J connectivity index is 1.48. The third-order valence-electron chi connectivity index (χ3n) is 6.64. The molecule has 3 aliphatic rings. The minimum Gasteiger partial charge on any atom is -0.367 e. The molecule has 0 bridgehead atoms. The van der Waals surface area contributed by atoms with Crippen LogP contribution in [0.2, 0.25) is 0 Å². The van der Waals surface area contributed by atoms with E-state index in [9.17, 15) is 22.8 Å². The van der Waals surface area contributed by atoms with Gasteiger partial charge < -0.3 is 20.4 Å². The van der Waals surface area contributed by atoms with Crippen molar-refractivity contribution in [1.29, 1.82) is 0 Å². The van der Waals surface area contributed by atoms with Gasteiger partial charge >= 0.3 is 6.18 Å². The number of aliphatic imine (C=N–C) groups is 1. The zero-order valence-electron chi connectivity index (χ0n) is 20.4. The van der Waals surface area contributed by atoms with Crippen LogP contribution in [-0.4, -0.2) is 78.3 Å². The Kier molecular flexibility index (Phi) is 6.86. The van der Waals surface area contributed by atoms with Crippen molar-refractivity contribution in [3.63, 3.8) is 0 Å². The second-order valence-electron chi connectivity index (χ2n) is 9.53. The Hall–Kier alpha value is -3.87. The molecule has 1 saturated heterocycles. The molecular weight excluding hydrogens is 506 g/mol. The number of carbonyl (C=O) groups is 2. The number of nitrogens with zero attached hydrogens (tertiary/aromatic N) is 5. The van der Waals surface area contributed by atoms with Crippen LogP contribution >= 0.6 is 0 Å². The van der Waals surface area contributed by atoms with Crippen molar-refractivity contribution in [1.82, 2.24) is 14.9 Å². The number of likely N-dealkylation sites (N-methyl/N-ethyl adjacent to an activating group) is 1. The largest absolute Gasteiger partial charge is 0.414 e. The molecule has 2 N–H and O–H groups in total. The molecule has 2 amide bonds. The first-order chi connectivity index (χ1) is 18.1. The normalized spacial score (nSPS) is 20.3. The molecule has 38 heavy (non-hydrogen) atoms. The number of hydrogen-bond acceptors (Lipinski definition) is 7. The fourth-order valence-electron chi connectivity index (χ4n) is 4.31. The number of carbonyl (C=O) groups excluding carboxylic acids is 2. The molecule has 3 heterocycles. The number of halogens is 4. The van der Waals surface area contributed by atoms with Crippen molar-refractivity contribution < 1.29 is 27.2 Å². The molecular formula is C25H25F4N7O2. The molecule has 13 heteroatoms. The molecule has 2 fully saturated rings. The smallest absolute Gasteiger partial charge is 0.367 e. The predicted octanol–water partition coefficient (Wildman–Crippen LogP) is 3.26. The monoisotopic (exact) mass is 531 g/mol. The van der Waals surface area contributed by atoms with Gasteiger partial charge in [0.05, 0.1) is 16.9 Å². The third-order valence-corrected chi connectivity index (χ3v) is 6.64. The summed E-state index contributed by atoms with van der Waals surface area (Å²) in [4.78, 5) is 40.4. The number of alkyl halides is 3. The second-order valence-corrected chi connectivity index (χ2v) is 9.53. The van der Waals surface area contributed by atoms with Crippen LogP contribution in [0.3, 0.4) is 0 Å². The highest BCUT2D eigenvalue weighted by Crippen LogP contribution is 2.37. The number of piperazine rings is 1. The van der Waals surface area contributed by atoms with Gasteiger partial charge in [0.1, 0.15) is 11.7 Å². The Morgan fingerprint density at radius 2 is 1.76 bits per heavy atom. The molecule has 1 aromatic carbocycles. The van der Waals surface area contributed by atoms with Crippen LogP contribution < -0.4 is 15.5 Å². The van der Waals surface area contributed by atoms with E-state index in [-0.39, 0.29) is 11.3 Å². The highest BCUT2D eigenvalue weighted by Gasteiger charge is 2.43. The summed E-state index contributed by atoms with van der Waals surface area (Å²) in [7, 11) is 1.94. The SMILES string of the molecule is CN1CCN(c2cc(F)c(-c3cnc(NC4CC4)nc3)cc2NC(=O)C2C=NC(=O)C=C2C(F)(F)F)CC1. The van der Waals surface area contributed by atoms with E-state index in [1.807, 2.05) is 11.9 Å². The standard InChI is InChI=1S/C25H25F4N7O2/c1-35-4-6-36(7-5-35)21-10-19(26)16(14-11-31-24(32-12-14)33-15-2-3-15)8-20(21)34-23(38)17-13-30-22(37)9-18(17)25(27,28)29/h8-13,15,17H,2-7H2,1H3,(H,34,38)(H,31,32,33).